The first-order valence-corrected chi connectivity index (χ1v) is 7.06. The Bertz CT molecular complexity index is 776. The van der Waals surface area contributed by atoms with Gasteiger partial charge in [0.05, 0.1) is 0 Å². The standard InChI is InChI=1S/C14H12N4O2S/c1-8-2-4-9(5-3-8)16-14-17-11(7-21-14)12-6-10(13(15)19)18-20-12/h2-7H,1H3,(H2,15,19)(H,16,17). The Labute approximate surface area is 124 Å². The summed E-state index contributed by atoms with van der Waals surface area (Å²) < 4.78 is 5.06. The van der Waals surface area contributed by atoms with Crippen molar-refractivity contribution in [1.29, 1.82) is 0 Å². The number of rotatable bonds is 4. The maximum absolute atomic E-state index is 11.0. The van der Waals surface area contributed by atoms with E-state index in [4.69, 9.17) is 10.3 Å². The lowest BCUT2D eigenvalue weighted by Gasteiger charge is -2.01. The molecule has 0 radical (unpaired) electrons. The third-order valence-corrected chi connectivity index (χ3v) is 3.58. The molecule has 21 heavy (non-hydrogen) atoms. The minimum Gasteiger partial charge on any atom is -0.364 e. The molecule has 0 spiro atoms. The first-order chi connectivity index (χ1) is 10.1. The summed E-state index contributed by atoms with van der Waals surface area (Å²) in [5.74, 6) is -0.213. The molecule has 2 aromatic heterocycles. The fourth-order valence-corrected chi connectivity index (χ4v) is 2.44. The number of nitrogens with zero attached hydrogens (tertiary/aromatic N) is 2. The molecular weight excluding hydrogens is 288 g/mol. The highest BCUT2D eigenvalue weighted by molar-refractivity contribution is 7.14. The zero-order chi connectivity index (χ0) is 14.8. The number of carbonyl (C=O) groups excluding carboxylic acids is 1. The first-order valence-electron chi connectivity index (χ1n) is 6.18. The first kappa shape index (κ1) is 13.3. The summed E-state index contributed by atoms with van der Waals surface area (Å²) >= 11 is 1.43. The Hall–Kier alpha value is -2.67. The van der Waals surface area contributed by atoms with Gasteiger partial charge in [-0.2, -0.15) is 0 Å². The fourth-order valence-electron chi connectivity index (χ4n) is 1.72. The van der Waals surface area contributed by atoms with Crippen LogP contribution in [0.25, 0.3) is 11.5 Å². The molecule has 0 fully saturated rings. The van der Waals surface area contributed by atoms with Gasteiger partial charge in [-0.05, 0) is 19.1 Å². The van der Waals surface area contributed by atoms with E-state index in [1.165, 1.54) is 23.0 Å². The highest BCUT2D eigenvalue weighted by Crippen LogP contribution is 2.27. The molecule has 0 aliphatic rings. The third-order valence-electron chi connectivity index (χ3n) is 2.82. The number of amides is 1. The van der Waals surface area contributed by atoms with Crippen LogP contribution in [0, 0.1) is 6.92 Å². The molecule has 3 N–H and O–H groups in total. The van der Waals surface area contributed by atoms with Crippen LogP contribution in [0.3, 0.4) is 0 Å². The molecule has 7 heteroatoms. The predicted octanol–water partition coefficient (Wildman–Crippen LogP) is 2.95. The lowest BCUT2D eigenvalue weighted by Crippen LogP contribution is -2.10. The molecule has 0 atom stereocenters. The van der Waals surface area contributed by atoms with Crippen molar-refractivity contribution in [2.24, 2.45) is 5.73 Å². The fraction of sp³-hybridized carbons (Fsp3) is 0.0714. The highest BCUT2D eigenvalue weighted by atomic mass is 32.1. The van der Waals surface area contributed by atoms with Gasteiger partial charge in [0, 0.05) is 17.1 Å². The lowest BCUT2D eigenvalue weighted by molar-refractivity contribution is 0.0992. The molecule has 0 saturated heterocycles. The van der Waals surface area contributed by atoms with E-state index < -0.39 is 5.91 Å². The van der Waals surface area contributed by atoms with Crippen LogP contribution < -0.4 is 11.1 Å². The van der Waals surface area contributed by atoms with Gasteiger partial charge in [0.25, 0.3) is 5.91 Å². The smallest absolute Gasteiger partial charge is 0.270 e. The zero-order valence-electron chi connectivity index (χ0n) is 11.2. The molecule has 3 aromatic rings. The van der Waals surface area contributed by atoms with Crippen LogP contribution in [-0.4, -0.2) is 16.0 Å². The number of benzene rings is 1. The van der Waals surface area contributed by atoms with E-state index in [2.05, 4.69) is 15.5 Å². The Morgan fingerprint density at radius 2 is 2.10 bits per heavy atom. The van der Waals surface area contributed by atoms with Gasteiger partial charge >= 0.3 is 0 Å². The minimum atomic E-state index is -0.627. The van der Waals surface area contributed by atoms with E-state index in [0.717, 1.165) is 10.8 Å². The summed E-state index contributed by atoms with van der Waals surface area (Å²) in [5, 5.41) is 9.34. The van der Waals surface area contributed by atoms with Crippen LogP contribution in [-0.2, 0) is 0 Å². The largest absolute Gasteiger partial charge is 0.364 e. The van der Waals surface area contributed by atoms with Crippen LogP contribution in [0.15, 0.2) is 40.2 Å². The number of nitrogens with one attached hydrogen (secondary N) is 1. The monoisotopic (exact) mass is 300 g/mol. The summed E-state index contributed by atoms with van der Waals surface area (Å²) in [7, 11) is 0. The van der Waals surface area contributed by atoms with Gasteiger partial charge < -0.3 is 15.6 Å². The number of carbonyl (C=O) groups is 1. The number of nitrogens with two attached hydrogens (primary N) is 1. The number of hydrogen-bond acceptors (Lipinski definition) is 6. The Morgan fingerprint density at radius 1 is 1.33 bits per heavy atom. The van der Waals surface area contributed by atoms with Gasteiger partial charge in [-0.3, -0.25) is 4.79 Å². The Kier molecular flexibility index (Phi) is 3.41. The molecule has 6 nitrogen and oxygen atoms in total. The summed E-state index contributed by atoms with van der Waals surface area (Å²) in [6, 6.07) is 9.48. The van der Waals surface area contributed by atoms with Gasteiger partial charge in [0.1, 0.15) is 5.69 Å². The molecule has 3 rings (SSSR count). The molecule has 1 aromatic carbocycles. The maximum atomic E-state index is 11.0. The van der Waals surface area contributed by atoms with E-state index in [1.54, 1.807) is 0 Å². The highest BCUT2D eigenvalue weighted by Gasteiger charge is 2.13. The van der Waals surface area contributed by atoms with Crippen molar-refractivity contribution in [1.82, 2.24) is 10.1 Å². The summed E-state index contributed by atoms with van der Waals surface area (Å²) in [5.41, 5.74) is 7.98. The average Bonchev–Trinajstić information content (AvgIpc) is 3.10. The van der Waals surface area contributed by atoms with Crippen molar-refractivity contribution in [2.75, 3.05) is 5.32 Å². The van der Waals surface area contributed by atoms with Crippen LogP contribution in [0.5, 0.6) is 0 Å². The summed E-state index contributed by atoms with van der Waals surface area (Å²) in [6.07, 6.45) is 0. The van der Waals surface area contributed by atoms with Crippen molar-refractivity contribution in [3.05, 3.63) is 47.0 Å². The average molecular weight is 300 g/mol. The number of aromatic nitrogens is 2. The number of aryl methyl sites for hydroxylation is 1. The second-order valence-corrected chi connectivity index (χ2v) is 5.33. The van der Waals surface area contributed by atoms with Crippen molar-refractivity contribution >= 4 is 28.1 Å². The zero-order valence-corrected chi connectivity index (χ0v) is 12.0. The van der Waals surface area contributed by atoms with Gasteiger partial charge in [-0.15, -0.1) is 11.3 Å². The van der Waals surface area contributed by atoms with Crippen molar-refractivity contribution in [3.8, 4) is 11.5 Å². The molecule has 0 bridgehead atoms. The SMILES string of the molecule is Cc1ccc(Nc2nc(-c3cc(C(N)=O)no3)cs2)cc1. The third kappa shape index (κ3) is 2.92. The Morgan fingerprint density at radius 3 is 2.76 bits per heavy atom. The van der Waals surface area contributed by atoms with Crippen molar-refractivity contribution in [3.63, 3.8) is 0 Å². The minimum absolute atomic E-state index is 0.0889. The molecule has 0 saturated carbocycles. The maximum Gasteiger partial charge on any atom is 0.270 e. The predicted molar refractivity (Wildman–Crippen MR) is 80.6 cm³/mol. The van der Waals surface area contributed by atoms with Crippen LogP contribution in [0.1, 0.15) is 16.1 Å². The van der Waals surface area contributed by atoms with E-state index in [-0.39, 0.29) is 5.69 Å². The van der Waals surface area contributed by atoms with Gasteiger partial charge in [0.15, 0.2) is 16.6 Å². The lowest BCUT2D eigenvalue weighted by atomic mass is 10.2. The molecular formula is C14H12N4O2S. The van der Waals surface area contributed by atoms with Gasteiger partial charge in [-0.1, -0.05) is 22.9 Å². The van der Waals surface area contributed by atoms with Crippen LogP contribution >= 0.6 is 11.3 Å². The molecule has 2 heterocycles. The molecule has 1 amide bonds. The number of anilines is 2. The summed E-state index contributed by atoms with van der Waals surface area (Å²) in [6.45, 7) is 2.03. The van der Waals surface area contributed by atoms with Crippen LogP contribution in [0.4, 0.5) is 10.8 Å². The van der Waals surface area contributed by atoms with Crippen LogP contribution in [0.2, 0.25) is 0 Å². The second-order valence-electron chi connectivity index (χ2n) is 4.47. The second kappa shape index (κ2) is 5.37. The normalized spacial score (nSPS) is 10.5. The molecule has 0 aliphatic heterocycles. The topological polar surface area (TPSA) is 94.0 Å². The van der Waals surface area contributed by atoms with E-state index >= 15 is 0 Å². The van der Waals surface area contributed by atoms with Gasteiger partial charge in [0.2, 0.25) is 0 Å². The molecule has 0 aliphatic carbocycles. The van der Waals surface area contributed by atoms with E-state index in [1.807, 2.05) is 36.6 Å². The quantitative estimate of drug-likeness (QED) is 0.772. The number of primary amides is 1. The number of thiazole rings is 1. The number of hydrogen-bond donors (Lipinski definition) is 2. The van der Waals surface area contributed by atoms with Crippen molar-refractivity contribution < 1.29 is 9.32 Å². The van der Waals surface area contributed by atoms with E-state index in [0.29, 0.717) is 11.5 Å². The van der Waals surface area contributed by atoms with Crippen molar-refractivity contribution in [2.45, 2.75) is 6.92 Å². The van der Waals surface area contributed by atoms with Gasteiger partial charge in [-0.25, -0.2) is 4.98 Å². The molecule has 106 valence electrons. The summed E-state index contributed by atoms with van der Waals surface area (Å²) in [4.78, 5) is 15.4. The Balaban J connectivity index is 1.79. The van der Waals surface area contributed by atoms with E-state index in [9.17, 15) is 4.79 Å². The molecule has 0 unspecified atom stereocenters.